The van der Waals surface area contributed by atoms with Gasteiger partial charge in [0.25, 0.3) is 0 Å². The maximum atomic E-state index is 12.8. The molecule has 1 aliphatic rings. The predicted molar refractivity (Wildman–Crippen MR) is 94.7 cm³/mol. The Labute approximate surface area is 144 Å². The SMILES string of the molecule is CC1(C(=O)O)CCC(C)(C(=O)Nc2ccc(I)cc2)C1(C)C. The normalized spacial score (nSPS) is 30.0. The molecule has 1 aromatic carbocycles. The molecule has 2 atom stereocenters. The quantitative estimate of drug-likeness (QED) is 0.730. The average molecular weight is 415 g/mol. The molecule has 1 aliphatic carbocycles. The molecule has 0 aromatic heterocycles. The summed E-state index contributed by atoms with van der Waals surface area (Å²) in [6, 6.07) is 7.59. The van der Waals surface area contributed by atoms with Crippen LogP contribution in [-0.4, -0.2) is 17.0 Å². The highest BCUT2D eigenvalue weighted by atomic mass is 127. The van der Waals surface area contributed by atoms with Crippen LogP contribution in [-0.2, 0) is 9.59 Å². The molecule has 0 saturated heterocycles. The molecule has 120 valence electrons. The Morgan fingerprint density at radius 1 is 1.05 bits per heavy atom. The fourth-order valence-electron chi connectivity index (χ4n) is 3.31. The van der Waals surface area contributed by atoms with Crippen LogP contribution in [0.1, 0.15) is 40.5 Å². The fourth-order valence-corrected chi connectivity index (χ4v) is 3.67. The number of amides is 1. The summed E-state index contributed by atoms with van der Waals surface area (Å²) in [4.78, 5) is 24.6. The van der Waals surface area contributed by atoms with E-state index in [0.29, 0.717) is 12.8 Å². The lowest BCUT2D eigenvalue weighted by Gasteiger charge is -2.44. The van der Waals surface area contributed by atoms with Crippen molar-refractivity contribution in [2.75, 3.05) is 5.32 Å². The summed E-state index contributed by atoms with van der Waals surface area (Å²) in [6.45, 7) is 7.41. The summed E-state index contributed by atoms with van der Waals surface area (Å²) in [7, 11) is 0. The topological polar surface area (TPSA) is 66.4 Å². The van der Waals surface area contributed by atoms with Gasteiger partial charge in [0, 0.05) is 9.26 Å². The fraction of sp³-hybridized carbons (Fsp3) is 0.529. The second kappa shape index (κ2) is 5.51. The van der Waals surface area contributed by atoms with E-state index in [1.807, 2.05) is 45.0 Å². The van der Waals surface area contributed by atoms with Gasteiger partial charge in [-0.1, -0.05) is 20.8 Å². The number of rotatable bonds is 3. The van der Waals surface area contributed by atoms with Crippen LogP contribution in [0.5, 0.6) is 0 Å². The number of carboxylic acid groups (broad SMARTS) is 1. The highest BCUT2D eigenvalue weighted by molar-refractivity contribution is 14.1. The van der Waals surface area contributed by atoms with Gasteiger partial charge in [0.1, 0.15) is 0 Å². The van der Waals surface area contributed by atoms with Crippen molar-refractivity contribution in [1.29, 1.82) is 0 Å². The third-order valence-electron chi connectivity index (χ3n) is 5.96. The van der Waals surface area contributed by atoms with Crippen molar-refractivity contribution >= 4 is 40.2 Å². The van der Waals surface area contributed by atoms with Crippen LogP contribution in [0.25, 0.3) is 0 Å². The number of hydrogen-bond donors (Lipinski definition) is 2. The van der Waals surface area contributed by atoms with Crippen molar-refractivity contribution in [1.82, 2.24) is 0 Å². The molecule has 1 aromatic rings. The van der Waals surface area contributed by atoms with E-state index in [1.54, 1.807) is 6.92 Å². The van der Waals surface area contributed by atoms with Crippen molar-refractivity contribution in [2.24, 2.45) is 16.2 Å². The number of nitrogens with one attached hydrogen (secondary N) is 1. The molecular weight excluding hydrogens is 393 g/mol. The number of carbonyl (C=O) groups is 2. The van der Waals surface area contributed by atoms with E-state index in [1.165, 1.54) is 0 Å². The Morgan fingerprint density at radius 3 is 2.00 bits per heavy atom. The van der Waals surface area contributed by atoms with Gasteiger partial charge in [-0.25, -0.2) is 0 Å². The zero-order valence-electron chi connectivity index (χ0n) is 13.4. The van der Waals surface area contributed by atoms with Crippen molar-refractivity contribution in [3.63, 3.8) is 0 Å². The van der Waals surface area contributed by atoms with Gasteiger partial charge in [-0.05, 0) is 72.0 Å². The van der Waals surface area contributed by atoms with E-state index in [4.69, 9.17) is 0 Å². The first-order chi connectivity index (χ1) is 10.0. The summed E-state index contributed by atoms with van der Waals surface area (Å²) in [5.74, 6) is -0.938. The summed E-state index contributed by atoms with van der Waals surface area (Å²) >= 11 is 2.21. The minimum Gasteiger partial charge on any atom is -0.481 e. The van der Waals surface area contributed by atoms with Gasteiger partial charge in [0.15, 0.2) is 0 Å². The standard InChI is InChI=1S/C17H22INO3/c1-15(2)16(3,9-10-17(15,4)14(21)22)13(20)19-12-7-5-11(18)6-8-12/h5-8H,9-10H2,1-4H3,(H,19,20)(H,21,22). The molecule has 0 spiro atoms. The van der Waals surface area contributed by atoms with E-state index >= 15 is 0 Å². The van der Waals surface area contributed by atoms with E-state index in [9.17, 15) is 14.7 Å². The van der Waals surface area contributed by atoms with Gasteiger partial charge in [-0.2, -0.15) is 0 Å². The predicted octanol–water partition coefficient (Wildman–Crippen LogP) is 4.15. The van der Waals surface area contributed by atoms with E-state index in [0.717, 1.165) is 9.26 Å². The molecule has 0 aliphatic heterocycles. The largest absolute Gasteiger partial charge is 0.481 e. The van der Waals surface area contributed by atoms with Crippen molar-refractivity contribution < 1.29 is 14.7 Å². The Bertz CT molecular complexity index is 611. The molecule has 4 nitrogen and oxygen atoms in total. The maximum absolute atomic E-state index is 12.8. The molecule has 5 heteroatoms. The van der Waals surface area contributed by atoms with E-state index in [-0.39, 0.29) is 5.91 Å². The molecule has 1 amide bonds. The summed E-state index contributed by atoms with van der Waals surface area (Å²) in [5, 5.41) is 12.6. The summed E-state index contributed by atoms with van der Waals surface area (Å²) < 4.78 is 1.10. The number of aliphatic carboxylic acids is 1. The molecule has 0 heterocycles. The minimum absolute atomic E-state index is 0.108. The Kier molecular flexibility index (Phi) is 4.32. The van der Waals surface area contributed by atoms with Gasteiger partial charge in [0.2, 0.25) is 5.91 Å². The van der Waals surface area contributed by atoms with Gasteiger partial charge in [-0.15, -0.1) is 0 Å². The maximum Gasteiger partial charge on any atom is 0.309 e. The molecule has 2 unspecified atom stereocenters. The van der Waals surface area contributed by atoms with Crippen LogP contribution >= 0.6 is 22.6 Å². The average Bonchev–Trinajstić information content (AvgIpc) is 2.64. The third kappa shape index (κ3) is 2.43. The summed E-state index contributed by atoms with van der Waals surface area (Å²) in [5.41, 5.74) is -1.51. The van der Waals surface area contributed by atoms with E-state index in [2.05, 4.69) is 27.9 Å². The molecular formula is C17H22INO3. The number of hydrogen-bond acceptors (Lipinski definition) is 2. The lowest BCUT2D eigenvalue weighted by molar-refractivity contribution is -0.157. The first-order valence-corrected chi connectivity index (χ1v) is 8.43. The van der Waals surface area contributed by atoms with Crippen LogP contribution in [0.15, 0.2) is 24.3 Å². The van der Waals surface area contributed by atoms with Crippen LogP contribution < -0.4 is 5.32 Å². The Hall–Kier alpha value is -1.11. The molecule has 1 fully saturated rings. The second-order valence-electron chi connectivity index (χ2n) is 7.06. The highest BCUT2D eigenvalue weighted by Gasteiger charge is 2.64. The molecule has 0 bridgehead atoms. The number of carbonyl (C=O) groups excluding carboxylic acids is 1. The molecule has 22 heavy (non-hydrogen) atoms. The van der Waals surface area contributed by atoms with Gasteiger partial charge >= 0.3 is 5.97 Å². The van der Waals surface area contributed by atoms with Gasteiger partial charge in [-0.3, -0.25) is 9.59 Å². The van der Waals surface area contributed by atoms with Crippen LogP contribution in [0.3, 0.4) is 0 Å². The Morgan fingerprint density at radius 2 is 1.55 bits per heavy atom. The highest BCUT2D eigenvalue weighted by Crippen LogP contribution is 2.62. The third-order valence-corrected chi connectivity index (χ3v) is 6.68. The molecule has 2 N–H and O–H groups in total. The van der Waals surface area contributed by atoms with E-state index < -0.39 is 22.2 Å². The van der Waals surface area contributed by atoms with Gasteiger partial charge < -0.3 is 10.4 Å². The Balaban J connectivity index is 2.29. The lowest BCUT2D eigenvalue weighted by Crippen LogP contribution is -2.49. The monoisotopic (exact) mass is 415 g/mol. The zero-order valence-corrected chi connectivity index (χ0v) is 15.5. The lowest BCUT2D eigenvalue weighted by atomic mass is 9.59. The minimum atomic E-state index is -0.898. The van der Waals surface area contributed by atoms with Gasteiger partial charge in [0.05, 0.1) is 10.8 Å². The first-order valence-electron chi connectivity index (χ1n) is 7.35. The first kappa shape index (κ1) is 17.2. The molecule has 0 radical (unpaired) electrons. The van der Waals surface area contributed by atoms with Crippen molar-refractivity contribution in [2.45, 2.75) is 40.5 Å². The summed E-state index contributed by atoms with van der Waals surface area (Å²) in [6.07, 6.45) is 1.07. The van der Waals surface area contributed by atoms with Crippen molar-refractivity contribution in [3.8, 4) is 0 Å². The second-order valence-corrected chi connectivity index (χ2v) is 8.30. The number of benzene rings is 1. The zero-order chi connectivity index (χ0) is 16.8. The van der Waals surface area contributed by atoms with Crippen LogP contribution in [0, 0.1) is 19.8 Å². The number of carboxylic acids is 1. The van der Waals surface area contributed by atoms with Crippen molar-refractivity contribution in [3.05, 3.63) is 27.8 Å². The van der Waals surface area contributed by atoms with Crippen LogP contribution in [0.4, 0.5) is 5.69 Å². The number of halogens is 1. The van der Waals surface area contributed by atoms with Crippen LogP contribution in [0.2, 0.25) is 0 Å². The number of anilines is 1. The molecule has 1 saturated carbocycles. The molecule has 2 rings (SSSR count). The smallest absolute Gasteiger partial charge is 0.309 e.